The van der Waals surface area contributed by atoms with E-state index in [1.165, 1.54) is 0 Å². The molecule has 1 aliphatic heterocycles. The summed E-state index contributed by atoms with van der Waals surface area (Å²) in [6.07, 6.45) is 4.27. The molecule has 7 heteroatoms. The lowest BCUT2D eigenvalue weighted by molar-refractivity contribution is -0.137. The van der Waals surface area contributed by atoms with Gasteiger partial charge < -0.3 is 24.8 Å². The van der Waals surface area contributed by atoms with Gasteiger partial charge in [0.1, 0.15) is 11.5 Å². The van der Waals surface area contributed by atoms with Gasteiger partial charge in [0.15, 0.2) is 0 Å². The summed E-state index contributed by atoms with van der Waals surface area (Å²) in [4.78, 5) is 26.8. The van der Waals surface area contributed by atoms with Crippen LogP contribution in [0, 0.1) is 11.8 Å². The van der Waals surface area contributed by atoms with Crippen LogP contribution in [0.3, 0.4) is 0 Å². The van der Waals surface area contributed by atoms with Crippen molar-refractivity contribution in [3.05, 3.63) is 89.5 Å². The lowest BCUT2D eigenvalue weighted by Crippen LogP contribution is -2.37. The second kappa shape index (κ2) is 12.9. The molecule has 3 aromatic carbocycles. The maximum atomic E-state index is 13.2. The molecule has 7 nitrogen and oxygen atoms in total. The fraction of sp³-hybridized carbons (Fsp3) is 0.394. The highest BCUT2D eigenvalue weighted by molar-refractivity contribution is 6.00. The highest BCUT2D eigenvalue weighted by Gasteiger charge is 2.34. The average Bonchev–Trinajstić information content (AvgIpc) is 3.84. The molecule has 1 saturated carbocycles. The van der Waals surface area contributed by atoms with Crippen LogP contribution in [-0.2, 0) is 11.3 Å². The number of hydrogen-bond acceptors (Lipinski definition) is 5. The molecule has 0 radical (unpaired) electrons. The minimum absolute atomic E-state index is 0.0613. The molecule has 0 aromatic heterocycles. The molecule has 2 aliphatic rings. The van der Waals surface area contributed by atoms with Crippen molar-refractivity contribution < 1.29 is 24.2 Å². The Kier molecular flexibility index (Phi) is 8.89. The van der Waals surface area contributed by atoms with E-state index in [-0.39, 0.29) is 18.2 Å². The molecule has 3 aromatic rings. The zero-order chi connectivity index (χ0) is 27.9. The number of aliphatic carboxylic acids is 1. The number of nitrogens with zero attached hydrogens (tertiary/aromatic N) is 1. The van der Waals surface area contributed by atoms with Crippen molar-refractivity contribution in [2.45, 2.75) is 44.6 Å². The van der Waals surface area contributed by atoms with E-state index >= 15 is 0 Å². The smallest absolute Gasteiger partial charge is 0.303 e. The SMILES string of the molecule is COc1ccc(C(=O)NCc2ccccc2)c(N2CCC(COc3cccc(C(CC(=O)O)C4CC4)c3)CC2)c1. The Morgan fingerprint density at radius 3 is 2.42 bits per heavy atom. The van der Waals surface area contributed by atoms with Gasteiger partial charge in [0.05, 0.1) is 31.4 Å². The molecule has 1 heterocycles. The van der Waals surface area contributed by atoms with Crippen LogP contribution in [0.4, 0.5) is 5.69 Å². The van der Waals surface area contributed by atoms with Gasteiger partial charge in [-0.2, -0.15) is 0 Å². The zero-order valence-corrected chi connectivity index (χ0v) is 23.1. The highest BCUT2D eigenvalue weighted by Crippen LogP contribution is 2.45. The van der Waals surface area contributed by atoms with E-state index in [9.17, 15) is 14.7 Å². The number of carbonyl (C=O) groups excluding carboxylic acids is 1. The van der Waals surface area contributed by atoms with Crippen molar-refractivity contribution >= 4 is 17.6 Å². The largest absolute Gasteiger partial charge is 0.497 e. The molecule has 1 aliphatic carbocycles. The summed E-state index contributed by atoms with van der Waals surface area (Å²) in [6.45, 7) is 2.74. The number of carboxylic acid groups (broad SMARTS) is 1. The molecule has 210 valence electrons. The van der Waals surface area contributed by atoms with Gasteiger partial charge >= 0.3 is 5.97 Å². The number of piperidine rings is 1. The molecule has 1 amide bonds. The van der Waals surface area contributed by atoms with E-state index in [1.807, 2.05) is 72.8 Å². The molecule has 40 heavy (non-hydrogen) atoms. The maximum absolute atomic E-state index is 13.2. The monoisotopic (exact) mass is 542 g/mol. The Morgan fingerprint density at radius 1 is 0.950 bits per heavy atom. The predicted octanol–water partition coefficient (Wildman–Crippen LogP) is 5.89. The lowest BCUT2D eigenvalue weighted by atomic mass is 9.91. The van der Waals surface area contributed by atoms with Crippen molar-refractivity contribution in [3.63, 3.8) is 0 Å². The van der Waals surface area contributed by atoms with Gasteiger partial charge in [-0.25, -0.2) is 0 Å². The number of methoxy groups -OCH3 is 1. The number of benzene rings is 3. The first kappa shape index (κ1) is 27.6. The van der Waals surface area contributed by atoms with Gasteiger partial charge in [0.2, 0.25) is 0 Å². The first-order valence-electron chi connectivity index (χ1n) is 14.2. The van der Waals surface area contributed by atoms with Crippen LogP contribution in [0.25, 0.3) is 0 Å². The minimum atomic E-state index is -0.747. The number of carbonyl (C=O) groups is 2. The number of ether oxygens (including phenoxy) is 2. The first-order valence-corrected chi connectivity index (χ1v) is 14.2. The van der Waals surface area contributed by atoms with Crippen LogP contribution >= 0.6 is 0 Å². The van der Waals surface area contributed by atoms with Crippen LogP contribution in [0.1, 0.15) is 59.5 Å². The highest BCUT2D eigenvalue weighted by atomic mass is 16.5. The van der Waals surface area contributed by atoms with Crippen molar-refractivity contribution in [2.24, 2.45) is 11.8 Å². The van der Waals surface area contributed by atoms with Crippen molar-refractivity contribution in [2.75, 3.05) is 31.7 Å². The number of amides is 1. The lowest BCUT2D eigenvalue weighted by Gasteiger charge is -2.34. The topological polar surface area (TPSA) is 88.1 Å². The summed E-state index contributed by atoms with van der Waals surface area (Å²) in [5.74, 6) is 1.62. The summed E-state index contributed by atoms with van der Waals surface area (Å²) < 4.78 is 11.7. The van der Waals surface area contributed by atoms with Crippen LogP contribution in [0.5, 0.6) is 11.5 Å². The number of hydrogen-bond donors (Lipinski definition) is 2. The van der Waals surface area contributed by atoms with Gasteiger partial charge in [0.25, 0.3) is 5.91 Å². The Bertz CT molecular complexity index is 1300. The van der Waals surface area contributed by atoms with Gasteiger partial charge in [0, 0.05) is 25.7 Å². The van der Waals surface area contributed by atoms with E-state index in [0.717, 1.165) is 67.1 Å². The summed E-state index contributed by atoms with van der Waals surface area (Å²) in [5, 5.41) is 12.4. The first-order chi connectivity index (χ1) is 19.5. The van der Waals surface area contributed by atoms with E-state index in [1.54, 1.807) is 7.11 Å². The van der Waals surface area contributed by atoms with Crippen molar-refractivity contribution in [3.8, 4) is 11.5 Å². The molecular weight excluding hydrogens is 504 g/mol. The molecular formula is C33H38N2O5. The predicted molar refractivity (Wildman–Crippen MR) is 155 cm³/mol. The van der Waals surface area contributed by atoms with Crippen LogP contribution in [0.15, 0.2) is 72.8 Å². The van der Waals surface area contributed by atoms with E-state index in [0.29, 0.717) is 30.6 Å². The van der Waals surface area contributed by atoms with Gasteiger partial charge in [-0.15, -0.1) is 0 Å². The number of rotatable bonds is 12. The summed E-state index contributed by atoms with van der Waals surface area (Å²) >= 11 is 0. The third-order valence-corrected chi connectivity index (χ3v) is 8.06. The van der Waals surface area contributed by atoms with Crippen LogP contribution in [-0.4, -0.2) is 43.8 Å². The van der Waals surface area contributed by atoms with Gasteiger partial charge in [-0.1, -0.05) is 42.5 Å². The Balaban J connectivity index is 1.18. The van der Waals surface area contributed by atoms with E-state index < -0.39 is 5.97 Å². The fourth-order valence-electron chi connectivity index (χ4n) is 5.60. The van der Waals surface area contributed by atoms with Crippen LogP contribution < -0.4 is 19.7 Å². The van der Waals surface area contributed by atoms with Gasteiger partial charge in [-0.3, -0.25) is 9.59 Å². The zero-order valence-electron chi connectivity index (χ0n) is 23.1. The molecule has 2 N–H and O–H groups in total. The third kappa shape index (κ3) is 7.14. The molecule has 5 rings (SSSR count). The average molecular weight is 543 g/mol. The number of nitrogens with one attached hydrogen (secondary N) is 1. The third-order valence-electron chi connectivity index (χ3n) is 8.06. The van der Waals surface area contributed by atoms with E-state index in [2.05, 4.69) is 10.2 Å². The standard InChI is InChI=1S/C33H38N2O5/c1-39-27-12-13-29(33(38)34-21-23-6-3-2-4-7-23)31(19-27)35-16-14-24(15-17-35)22-40-28-9-5-8-26(18-28)30(20-32(36)37)25-10-11-25/h2-9,12-13,18-19,24-25,30H,10-11,14-17,20-22H2,1H3,(H,34,38)(H,36,37). The molecule has 1 atom stereocenters. The normalized spacial score (nSPS) is 16.3. The second-order valence-electron chi connectivity index (χ2n) is 10.9. The Hall–Kier alpha value is -4.00. The van der Waals surface area contributed by atoms with E-state index in [4.69, 9.17) is 9.47 Å². The summed E-state index contributed by atoms with van der Waals surface area (Å²) in [5.41, 5.74) is 3.66. The number of anilines is 1. The Morgan fingerprint density at radius 2 is 1.73 bits per heavy atom. The summed E-state index contributed by atoms with van der Waals surface area (Å²) in [6, 6.07) is 23.5. The molecule has 2 fully saturated rings. The molecule has 0 bridgehead atoms. The van der Waals surface area contributed by atoms with Crippen molar-refractivity contribution in [1.82, 2.24) is 5.32 Å². The maximum Gasteiger partial charge on any atom is 0.303 e. The van der Waals surface area contributed by atoms with Gasteiger partial charge in [-0.05, 0) is 78.8 Å². The quantitative estimate of drug-likeness (QED) is 0.297. The number of carboxylic acids is 1. The van der Waals surface area contributed by atoms with Crippen molar-refractivity contribution in [1.29, 1.82) is 0 Å². The minimum Gasteiger partial charge on any atom is -0.497 e. The Labute approximate surface area is 236 Å². The molecule has 1 saturated heterocycles. The molecule has 0 spiro atoms. The fourth-order valence-corrected chi connectivity index (χ4v) is 5.60. The molecule has 1 unspecified atom stereocenters. The van der Waals surface area contributed by atoms with Crippen LogP contribution in [0.2, 0.25) is 0 Å². The second-order valence-corrected chi connectivity index (χ2v) is 10.9. The summed E-state index contributed by atoms with van der Waals surface area (Å²) in [7, 11) is 1.64.